The van der Waals surface area contributed by atoms with Crippen molar-refractivity contribution >= 4 is 23.2 Å². The van der Waals surface area contributed by atoms with Crippen LogP contribution in [0.4, 0.5) is 0 Å². The third kappa shape index (κ3) is 5.88. The standard InChI is InChI=1S/C25H32N2O3S/c28-23(17-22-11-7-16-31-22)27-15-8-12-25(19-27,20-30-21-9-3-1-4-10-21)18-24(29)26-13-5-2-6-14-26/h1,3-4,7,9-11,16H,2,5-6,8,12-15,17-20H2. The minimum absolute atomic E-state index is 0.150. The van der Waals surface area contributed by atoms with Crippen molar-refractivity contribution in [3.8, 4) is 5.75 Å². The van der Waals surface area contributed by atoms with Gasteiger partial charge in [-0.2, -0.15) is 0 Å². The predicted octanol–water partition coefficient (Wildman–Crippen LogP) is 4.38. The van der Waals surface area contributed by atoms with Crippen LogP contribution in [-0.2, 0) is 16.0 Å². The predicted molar refractivity (Wildman–Crippen MR) is 123 cm³/mol. The summed E-state index contributed by atoms with van der Waals surface area (Å²) >= 11 is 1.62. The zero-order chi connectivity index (χ0) is 21.5. The monoisotopic (exact) mass is 440 g/mol. The summed E-state index contributed by atoms with van der Waals surface area (Å²) in [6.45, 7) is 3.52. The van der Waals surface area contributed by atoms with Crippen LogP contribution in [0, 0.1) is 5.41 Å². The van der Waals surface area contributed by atoms with Crippen molar-refractivity contribution in [2.45, 2.75) is 44.9 Å². The Bertz CT molecular complexity index is 849. The number of para-hydroxylation sites is 1. The minimum Gasteiger partial charge on any atom is -0.493 e. The van der Waals surface area contributed by atoms with E-state index in [-0.39, 0.29) is 17.2 Å². The van der Waals surface area contributed by atoms with Gasteiger partial charge in [-0.05, 0) is 55.7 Å². The molecule has 4 rings (SSSR count). The summed E-state index contributed by atoms with van der Waals surface area (Å²) in [5.41, 5.74) is -0.340. The number of carbonyl (C=O) groups is 2. The maximum absolute atomic E-state index is 13.2. The molecule has 0 N–H and O–H groups in total. The van der Waals surface area contributed by atoms with Gasteiger partial charge in [0.15, 0.2) is 0 Å². The normalized spacial score (nSPS) is 21.7. The van der Waals surface area contributed by atoms with Crippen molar-refractivity contribution in [1.29, 1.82) is 0 Å². The number of hydrogen-bond donors (Lipinski definition) is 0. The summed E-state index contributed by atoms with van der Waals surface area (Å²) in [5, 5.41) is 2.01. The first-order valence-corrected chi connectivity index (χ1v) is 12.3. The quantitative estimate of drug-likeness (QED) is 0.642. The second kappa shape index (κ2) is 10.3. The Kier molecular flexibility index (Phi) is 7.28. The molecule has 0 saturated carbocycles. The summed E-state index contributed by atoms with van der Waals surface area (Å²) in [7, 11) is 0. The van der Waals surface area contributed by atoms with Crippen molar-refractivity contribution in [3.63, 3.8) is 0 Å². The molecule has 2 fully saturated rings. The number of likely N-dealkylation sites (tertiary alicyclic amines) is 2. The van der Waals surface area contributed by atoms with E-state index in [0.717, 1.165) is 55.9 Å². The summed E-state index contributed by atoms with van der Waals surface area (Å²) in [5.74, 6) is 1.18. The second-order valence-electron chi connectivity index (χ2n) is 8.89. The van der Waals surface area contributed by atoms with Gasteiger partial charge in [-0.15, -0.1) is 11.3 Å². The number of rotatable bonds is 7. The highest BCUT2D eigenvalue weighted by Crippen LogP contribution is 2.36. The van der Waals surface area contributed by atoms with Gasteiger partial charge in [-0.3, -0.25) is 9.59 Å². The lowest BCUT2D eigenvalue weighted by Crippen LogP contribution is -2.51. The molecule has 31 heavy (non-hydrogen) atoms. The van der Waals surface area contributed by atoms with Crippen molar-refractivity contribution in [2.24, 2.45) is 5.41 Å². The Labute approximate surface area is 189 Å². The summed E-state index contributed by atoms with van der Waals surface area (Å²) in [4.78, 5) is 31.3. The maximum Gasteiger partial charge on any atom is 0.227 e. The van der Waals surface area contributed by atoms with Gasteiger partial charge in [-0.1, -0.05) is 24.3 Å². The van der Waals surface area contributed by atoms with Crippen LogP contribution in [-0.4, -0.2) is 54.4 Å². The van der Waals surface area contributed by atoms with Gasteiger partial charge < -0.3 is 14.5 Å². The number of ether oxygens (including phenoxy) is 1. The Morgan fingerprint density at radius 3 is 2.42 bits per heavy atom. The zero-order valence-electron chi connectivity index (χ0n) is 18.1. The molecule has 3 heterocycles. The van der Waals surface area contributed by atoms with Gasteiger partial charge in [0.2, 0.25) is 11.8 Å². The molecule has 1 aromatic carbocycles. The van der Waals surface area contributed by atoms with E-state index < -0.39 is 0 Å². The van der Waals surface area contributed by atoms with E-state index in [4.69, 9.17) is 4.74 Å². The van der Waals surface area contributed by atoms with Gasteiger partial charge in [0.05, 0.1) is 13.0 Å². The Hall–Kier alpha value is -2.34. The first kappa shape index (κ1) is 21.9. The molecule has 1 unspecified atom stereocenters. The summed E-state index contributed by atoms with van der Waals surface area (Å²) < 4.78 is 6.16. The molecular formula is C25H32N2O3S. The molecular weight excluding hydrogens is 408 g/mol. The van der Waals surface area contributed by atoms with Crippen LogP contribution in [0.15, 0.2) is 47.8 Å². The van der Waals surface area contributed by atoms with E-state index in [1.807, 2.05) is 57.6 Å². The third-order valence-corrected chi connectivity index (χ3v) is 7.32. The van der Waals surface area contributed by atoms with Gasteiger partial charge in [0, 0.05) is 42.9 Å². The topological polar surface area (TPSA) is 49.9 Å². The molecule has 2 aromatic rings. The number of thiophene rings is 1. The van der Waals surface area contributed by atoms with E-state index in [2.05, 4.69) is 0 Å². The zero-order valence-corrected chi connectivity index (χ0v) is 18.9. The van der Waals surface area contributed by atoms with Gasteiger partial charge in [0.25, 0.3) is 0 Å². The van der Waals surface area contributed by atoms with Crippen LogP contribution < -0.4 is 4.74 Å². The number of hydrogen-bond acceptors (Lipinski definition) is 4. The fraction of sp³-hybridized carbons (Fsp3) is 0.520. The molecule has 5 nitrogen and oxygen atoms in total. The molecule has 2 saturated heterocycles. The highest BCUT2D eigenvalue weighted by atomic mass is 32.1. The van der Waals surface area contributed by atoms with Crippen molar-refractivity contribution in [2.75, 3.05) is 32.8 Å². The van der Waals surface area contributed by atoms with Gasteiger partial charge in [-0.25, -0.2) is 0 Å². The molecule has 0 spiro atoms. The van der Waals surface area contributed by atoms with Crippen LogP contribution in [0.2, 0.25) is 0 Å². The van der Waals surface area contributed by atoms with E-state index in [0.29, 0.717) is 26.0 Å². The average molecular weight is 441 g/mol. The lowest BCUT2D eigenvalue weighted by Gasteiger charge is -2.43. The van der Waals surface area contributed by atoms with Crippen LogP contribution in [0.3, 0.4) is 0 Å². The maximum atomic E-state index is 13.2. The van der Waals surface area contributed by atoms with Crippen LogP contribution >= 0.6 is 11.3 Å². The smallest absolute Gasteiger partial charge is 0.227 e. The first-order valence-electron chi connectivity index (χ1n) is 11.4. The van der Waals surface area contributed by atoms with Gasteiger partial charge in [0.1, 0.15) is 5.75 Å². The molecule has 6 heteroatoms. The fourth-order valence-corrected chi connectivity index (χ4v) is 5.43. The Balaban J connectivity index is 1.47. The largest absolute Gasteiger partial charge is 0.493 e. The highest BCUT2D eigenvalue weighted by molar-refractivity contribution is 7.10. The number of benzene rings is 1. The molecule has 1 aromatic heterocycles. The number of amides is 2. The Morgan fingerprint density at radius 2 is 1.68 bits per heavy atom. The first-order chi connectivity index (χ1) is 15.1. The van der Waals surface area contributed by atoms with E-state index in [1.54, 1.807) is 11.3 Å². The SMILES string of the molecule is O=C(CC1(COc2ccccc2)CCCN(C(=O)Cc2cccs2)C1)N1CCCCC1. The molecule has 166 valence electrons. The molecule has 2 amide bonds. The van der Waals surface area contributed by atoms with E-state index >= 15 is 0 Å². The lowest BCUT2D eigenvalue weighted by atomic mass is 9.77. The molecule has 1 atom stereocenters. The van der Waals surface area contributed by atoms with Crippen LogP contribution in [0.25, 0.3) is 0 Å². The summed E-state index contributed by atoms with van der Waals surface area (Å²) in [6, 6.07) is 13.8. The molecule has 0 bridgehead atoms. The second-order valence-corrected chi connectivity index (χ2v) is 9.93. The molecule has 2 aliphatic rings. The highest BCUT2D eigenvalue weighted by Gasteiger charge is 2.41. The summed E-state index contributed by atoms with van der Waals surface area (Å²) in [6.07, 6.45) is 6.08. The van der Waals surface area contributed by atoms with Crippen LogP contribution in [0.5, 0.6) is 5.75 Å². The number of piperidine rings is 2. The van der Waals surface area contributed by atoms with E-state index in [9.17, 15) is 9.59 Å². The average Bonchev–Trinajstić information content (AvgIpc) is 3.32. The van der Waals surface area contributed by atoms with Crippen molar-refractivity contribution < 1.29 is 14.3 Å². The molecule has 2 aliphatic heterocycles. The number of carbonyl (C=O) groups excluding carboxylic acids is 2. The van der Waals surface area contributed by atoms with Gasteiger partial charge >= 0.3 is 0 Å². The fourth-order valence-electron chi connectivity index (χ4n) is 4.74. The van der Waals surface area contributed by atoms with Crippen LogP contribution in [0.1, 0.15) is 43.4 Å². The third-order valence-electron chi connectivity index (χ3n) is 6.44. The Morgan fingerprint density at radius 1 is 0.903 bits per heavy atom. The lowest BCUT2D eigenvalue weighted by molar-refractivity contribution is -0.141. The molecule has 0 aliphatic carbocycles. The minimum atomic E-state index is -0.340. The van der Waals surface area contributed by atoms with Crippen molar-refractivity contribution in [1.82, 2.24) is 9.80 Å². The number of nitrogens with zero attached hydrogens (tertiary/aromatic N) is 2. The van der Waals surface area contributed by atoms with Crippen molar-refractivity contribution in [3.05, 3.63) is 52.7 Å². The van der Waals surface area contributed by atoms with E-state index in [1.165, 1.54) is 6.42 Å². The molecule has 0 radical (unpaired) electrons.